The first-order chi connectivity index (χ1) is 16.4. The van der Waals surface area contributed by atoms with E-state index in [2.05, 4.69) is 26.6 Å². The number of nitrogens with zero attached hydrogens (tertiary/aromatic N) is 1. The largest absolute Gasteiger partial charge is 0.491 e. The van der Waals surface area contributed by atoms with Crippen molar-refractivity contribution in [3.8, 4) is 5.75 Å². The first kappa shape index (κ1) is 23.0. The molecule has 2 aliphatic heterocycles. The average molecular weight is 468 g/mol. The molecule has 5 N–H and O–H groups in total. The summed E-state index contributed by atoms with van der Waals surface area (Å²) in [6.45, 7) is 1.93. The van der Waals surface area contributed by atoms with Gasteiger partial charge in [-0.25, -0.2) is 0 Å². The number of rotatable bonds is 7. The quantitative estimate of drug-likeness (QED) is 0.298. The normalized spacial score (nSPS) is 23.7. The van der Waals surface area contributed by atoms with Crippen LogP contribution in [0.3, 0.4) is 0 Å². The highest BCUT2D eigenvalue weighted by Crippen LogP contribution is 2.32. The number of nitro groups is 1. The van der Waals surface area contributed by atoms with Crippen LogP contribution in [0.4, 0.5) is 17.1 Å². The van der Waals surface area contributed by atoms with Gasteiger partial charge in [0.15, 0.2) is 6.29 Å². The summed E-state index contributed by atoms with van der Waals surface area (Å²) in [4.78, 5) is 49.0. The van der Waals surface area contributed by atoms with E-state index in [4.69, 9.17) is 4.74 Å². The van der Waals surface area contributed by atoms with Gasteiger partial charge < -0.3 is 26.0 Å². The molecule has 0 radical (unpaired) electrons. The number of fused-ring (bicyclic) bond motifs is 1. The van der Waals surface area contributed by atoms with Crippen molar-refractivity contribution in [2.75, 3.05) is 17.2 Å². The molecule has 4 rings (SSSR count). The molecule has 178 valence electrons. The molecule has 4 atom stereocenters. The smallest absolute Gasteiger partial charge is 0.273 e. The summed E-state index contributed by atoms with van der Waals surface area (Å²) in [6.07, 6.45) is -1.61. The van der Waals surface area contributed by atoms with Gasteiger partial charge in [-0.3, -0.25) is 29.8 Å². The molecule has 4 unspecified atom stereocenters. The standard InChI is InChI=1S/C22H24N6O6/c1-2-34-16-10-13(28(32)33)8-9-15(16)24-20(30)14-11-17(29)25-19-18(14)21(31)27-22(26-19)23-12-6-4-3-5-7-12/h3-10,14,18-19,22-23,26H,2,11H2,1H3,(H,24,30)(H,25,29)(H,27,31). The van der Waals surface area contributed by atoms with Gasteiger partial charge in [-0.15, -0.1) is 0 Å². The Morgan fingerprint density at radius 2 is 1.94 bits per heavy atom. The molecule has 2 aliphatic rings. The van der Waals surface area contributed by atoms with Crippen LogP contribution in [0.15, 0.2) is 48.5 Å². The Kier molecular flexibility index (Phi) is 6.59. The minimum atomic E-state index is -0.964. The van der Waals surface area contributed by atoms with Gasteiger partial charge in [-0.2, -0.15) is 0 Å². The fourth-order valence-electron chi connectivity index (χ4n) is 4.08. The van der Waals surface area contributed by atoms with E-state index in [1.54, 1.807) is 6.92 Å². The number of non-ortho nitro benzene ring substituents is 1. The number of para-hydroxylation sites is 1. The molecule has 12 nitrogen and oxygen atoms in total. The number of nitro benzene ring substituents is 1. The molecular weight excluding hydrogens is 444 g/mol. The fourth-order valence-corrected chi connectivity index (χ4v) is 4.08. The fraction of sp³-hybridized carbons (Fsp3) is 0.318. The van der Waals surface area contributed by atoms with Crippen molar-refractivity contribution in [2.45, 2.75) is 25.8 Å². The Morgan fingerprint density at radius 1 is 1.18 bits per heavy atom. The van der Waals surface area contributed by atoms with Crippen molar-refractivity contribution in [2.24, 2.45) is 11.8 Å². The molecule has 2 aromatic carbocycles. The number of benzene rings is 2. The minimum absolute atomic E-state index is 0.125. The zero-order valence-electron chi connectivity index (χ0n) is 18.2. The Balaban J connectivity index is 1.51. The number of ether oxygens (including phenoxy) is 1. The monoisotopic (exact) mass is 468 g/mol. The van der Waals surface area contributed by atoms with Crippen LogP contribution in [0, 0.1) is 22.0 Å². The van der Waals surface area contributed by atoms with Crippen LogP contribution in [0.25, 0.3) is 0 Å². The van der Waals surface area contributed by atoms with Crippen LogP contribution < -0.4 is 31.3 Å². The number of nitrogens with one attached hydrogen (secondary N) is 5. The average Bonchev–Trinajstić information content (AvgIpc) is 2.80. The number of amides is 3. The van der Waals surface area contributed by atoms with Crippen LogP contribution in [-0.2, 0) is 14.4 Å². The molecule has 34 heavy (non-hydrogen) atoms. The highest BCUT2D eigenvalue weighted by atomic mass is 16.6. The van der Waals surface area contributed by atoms with Crippen LogP contribution >= 0.6 is 0 Å². The van der Waals surface area contributed by atoms with Gasteiger partial charge in [0.05, 0.1) is 41.3 Å². The van der Waals surface area contributed by atoms with Crippen molar-refractivity contribution in [1.29, 1.82) is 0 Å². The highest BCUT2D eigenvalue weighted by molar-refractivity contribution is 6.01. The lowest BCUT2D eigenvalue weighted by molar-refractivity contribution is -0.384. The molecule has 0 spiro atoms. The lowest BCUT2D eigenvalue weighted by atomic mass is 9.81. The van der Waals surface area contributed by atoms with Gasteiger partial charge in [0.1, 0.15) is 5.75 Å². The number of anilines is 2. The number of piperidine rings is 1. The third-order valence-corrected chi connectivity index (χ3v) is 5.61. The zero-order chi connectivity index (χ0) is 24.2. The second-order valence-corrected chi connectivity index (χ2v) is 7.86. The molecule has 12 heteroatoms. The maximum Gasteiger partial charge on any atom is 0.273 e. The minimum Gasteiger partial charge on any atom is -0.491 e. The first-order valence-corrected chi connectivity index (χ1v) is 10.7. The lowest BCUT2D eigenvalue weighted by Gasteiger charge is -2.43. The molecule has 2 heterocycles. The van der Waals surface area contributed by atoms with Crippen LogP contribution in [0.2, 0.25) is 0 Å². The Hall–Kier alpha value is -4.19. The molecule has 2 fully saturated rings. The van der Waals surface area contributed by atoms with Crippen molar-refractivity contribution < 1.29 is 24.0 Å². The predicted molar refractivity (Wildman–Crippen MR) is 122 cm³/mol. The maximum absolute atomic E-state index is 13.2. The summed E-state index contributed by atoms with van der Waals surface area (Å²) in [5.41, 5.74) is 0.788. The van der Waals surface area contributed by atoms with Crippen LogP contribution in [0.1, 0.15) is 13.3 Å². The SMILES string of the molecule is CCOc1cc([N+](=O)[O-])ccc1NC(=O)C1CC(=O)NC2NC(Nc3ccccc3)NC(=O)C21. The molecule has 0 aromatic heterocycles. The Morgan fingerprint density at radius 3 is 2.65 bits per heavy atom. The van der Waals surface area contributed by atoms with Crippen molar-refractivity contribution in [3.05, 3.63) is 58.6 Å². The molecular formula is C22H24N6O6. The molecule has 0 aliphatic carbocycles. The summed E-state index contributed by atoms with van der Waals surface area (Å²) in [5, 5.41) is 25.5. The predicted octanol–water partition coefficient (Wildman–Crippen LogP) is 1.13. The van der Waals surface area contributed by atoms with E-state index in [0.717, 1.165) is 5.69 Å². The van der Waals surface area contributed by atoms with Crippen LogP contribution in [-0.4, -0.2) is 41.7 Å². The second kappa shape index (κ2) is 9.75. The Bertz CT molecular complexity index is 1110. The van der Waals surface area contributed by atoms with Crippen molar-refractivity contribution >= 4 is 34.8 Å². The Labute approximate surface area is 194 Å². The summed E-state index contributed by atoms with van der Waals surface area (Å²) in [7, 11) is 0. The van der Waals surface area contributed by atoms with Gasteiger partial charge in [-0.1, -0.05) is 18.2 Å². The van der Waals surface area contributed by atoms with E-state index in [1.807, 2.05) is 30.3 Å². The van der Waals surface area contributed by atoms with E-state index in [9.17, 15) is 24.5 Å². The number of carbonyl (C=O) groups excluding carboxylic acids is 3. The third kappa shape index (κ3) is 4.91. The number of carbonyl (C=O) groups is 3. The van der Waals surface area contributed by atoms with Crippen LogP contribution in [0.5, 0.6) is 5.75 Å². The van der Waals surface area contributed by atoms with E-state index in [1.165, 1.54) is 18.2 Å². The first-order valence-electron chi connectivity index (χ1n) is 10.7. The van der Waals surface area contributed by atoms with Gasteiger partial charge in [-0.05, 0) is 25.1 Å². The highest BCUT2D eigenvalue weighted by Gasteiger charge is 2.48. The van der Waals surface area contributed by atoms with Crippen molar-refractivity contribution in [3.63, 3.8) is 0 Å². The third-order valence-electron chi connectivity index (χ3n) is 5.61. The molecule has 0 saturated carbocycles. The van der Waals surface area contributed by atoms with Crippen molar-refractivity contribution in [1.82, 2.24) is 16.0 Å². The van der Waals surface area contributed by atoms with E-state index in [-0.39, 0.29) is 36.1 Å². The van der Waals surface area contributed by atoms with E-state index >= 15 is 0 Å². The topological polar surface area (TPSA) is 164 Å². The maximum atomic E-state index is 13.2. The second-order valence-electron chi connectivity index (χ2n) is 7.86. The van der Waals surface area contributed by atoms with Gasteiger partial charge in [0.2, 0.25) is 17.7 Å². The number of hydrogen-bond donors (Lipinski definition) is 5. The summed E-state index contributed by atoms with van der Waals surface area (Å²) in [5.74, 6) is -3.04. The zero-order valence-corrected chi connectivity index (χ0v) is 18.2. The number of hydrogen-bond acceptors (Lipinski definition) is 8. The molecule has 2 saturated heterocycles. The lowest BCUT2D eigenvalue weighted by Crippen LogP contribution is -2.72. The molecule has 3 amide bonds. The van der Waals surface area contributed by atoms with Gasteiger partial charge in [0, 0.05) is 18.2 Å². The summed E-state index contributed by atoms with van der Waals surface area (Å²) in [6, 6.07) is 13.0. The van der Waals surface area contributed by atoms with E-state index < -0.39 is 41.0 Å². The van der Waals surface area contributed by atoms with Gasteiger partial charge >= 0.3 is 0 Å². The van der Waals surface area contributed by atoms with Gasteiger partial charge in [0.25, 0.3) is 5.69 Å². The molecule has 0 bridgehead atoms. The van der Waals surface area contributed by atoms with E-state index in [0.29, 0.717) is 0 Å². The summed E-state index contributed by atoms with van der Waals surface area (Å²) < 4.78 is 5.44. The summed E-state index contributed by atoms with van der Waals surface area (Å²) >= 11 is 0. The molecule has 2 aromatic rings.